The van der Waals surface area contributed by atoms with E-state index in [0.29, 0.717) is 5.92 Å². The number of carbonyl (C=O) groups excluding carboxylic acids is 1. The zero-order chi connectivity index (χ0) is 9.52. The Bertz CT molecular complexity index is 156. The van der Waals surface area contributed by atoms with Gasteiger partial charge in [0.25, 0.3) is 0 Å². The molecule has 4 heteroatoms. The van der Waals surface area contributed by atoms with Crippen molar-refractivity contribution in [1.29, 1.82) is 0 Å². The highest BCUT2D eigenvalue weighted by atomic mass is 16.5. The van der Waals surface area contributed by atoms with Gasteiger partial charge in [0.05, 0.1) is 6.61 Å². The second-order valence-corrected chi connectivity index (χ2v) is 3.38. The number of hydrogen-bond donors (Lipinski definition) is 2. The van der Waals surface area contributed by atoms with Crippen LogP contribution in [0.3, 0.4) is 0 Å². The van der Waals surface area contributed by atoms with Crippen molar-refractivity contribution < 1.29 is 9.53 Å². The highest BCUT2D eigenvalue weighted by molar-refractivity contribution is 5.76. The van der Waals surface area contributed by atoms with Crippen molar-refractivity contribution in [3.63, 3.8) is 0 Å². The van der Waals surface area contributed by atoms with Crippen LogP contribution in [0.25, 0.3) is 0 Å². The van der Waals surface area contributed by atoms with E-state index in [0.717, 1.165) is 32.5 Å². The van der Waals surface area contributed by atoms with E-state index in [2.05, 4.69) is 10.6 Å². The Balaban J connectivity index is 2.01. The molecule has 4 nitrogen and oxygen atoms in total. The molecule has 0 aromatic carbocycles. The van der Waals surface area contributed by atoms with E-state index < -0.39 is 0 Å². The number of rotatable bonds is 4. The van der Waals surface area contributed by atoms with Crippen molar-refractivity contribution in [2.45, 2.75) is 12.8 Å². The van der Waals surface area contributed by atoms with Crippen molar-refractivity contribution in [1.82, 2.24) is 10.6 Å². The fraction of sp³-hybridized carbons (Fsp3) is 0.889. The van der Waals surface area contributed by atoms with Gasteiger partial charge in [-0.25, -0.2) is 0 Å². The van der Waals surface area contributed by atoms with E-state index in [-0.39, 0.29) is 12.5 Å². The zero-order valence-corrected chi connectivity index (χ0v) is 8.14. The first kappa shape index (κ1) is 10.5. The Kier molecular flexibility index (Phi) is 4.78. The molecule has 1 rings (SSSR count). The lowest BCUT2D eigenvalue weighted by Gasteiger charge is -2.22. The van der Waals surface area contributed by atoms with Crippen LogP contribution in [-0.4, -0.2) is 39.3 Å². The van der Waals surface area contributed by atoms with Crippen molar-refractivity contribution in [3.8, 4) is 0 Å². The maximum Gasteiger partial charge on any atom is 0.245 e. The third kappa shape index (κ3) is 4.24. The topological polar surface area (TPSA) is 50.4 Å². The molecule has 2 N–H and O–H groups in total. The largest absolute Gasteiger partial charge is 0.371 e. The summed E-state index contributed by atoms with van der Waals surface area (Å²) in [6.45, 7) is 3.07. The SMILES string of the molecule is CNC(=O)COCC1CCNCC1. The van der Waals surface area contributed by atoms with Gasteiger partial charge in [-0.05, 0) is 31.8 Å². The van der Waals surface area contributed by atoms with Gasteiger partial charge in [-0.15, -0.1) is 0 Å². The van der Waals surface area contributed by atoms with Crippen LogP contribution < -0.4 is 10.6 Å². The van der Waals surface area contributed by atoms with Crippen LogP contribution in [0.15, 0.2) is 0 Å². The molecule has 0 saturated carbocycles. The minimum Gasteiger partial charge on any atom is -0.371 e. The lowest BCUT2D eigenvalue weighted by atomic mass is 9.99. The fourth-order valence-electron chi connectivity index (χ4n) is 1.44. The number of carbonyl (C=O) groups is 1. The molecule has 0 aromatic rings. The predicted octanol–water partition coefficient (Wildman–Crippen LogP) is -0.251. The van der Waals surface area contributed by atoms with E-state index >= 15 is 0 Å². The van der Waals surface area contributed by atoms with E-state index in [4.69, 9.17) is 4.74 Å². The summed E-state index contributed by atoms with van der Waals surface area (Å²) in [7, 11) is 1.62. The smallest absolute Gasteiger partial charge is 0.245 e. The van der Waals surface area contributed by atoms with Crippen LogP contribution >= 0.6 is 0 Å². The van der Waals surface area contributed by atoms with Gasteiger partial charge in [0.2, 0.25) is 5.91 Å². The van der Waals surface area contributed by atoms with Crippen molar-refractivity contribution in [2.24, 2.45) is 5.92 Å². The normalized spacial score (nSPS) is 18.5. The van der Waals surface area contributed by atoms with Gasteiger partial charge in [-0.2, -0.15) is 0 Å². The number of nitrogens with one attached hydrogen (secondary N) is 2. The Morgan fingerprint density at radius 1 is 1.54 bits per heavy atom. The highest BCUT2D eigenvalue weighted by Gasteiger charge is 2.13. The fourth-order valence-corrected chi connectivity index (χ4v) is 1.44. The maximum atomic E-state index is 10.8. The van der Waals surface area contributed by atoms with E-state index in [1.165, 1.54) is 0 Å². The molecule has 1 heterocycles. The molecule has 13 heavy (non-hydrogen) atoms. The number of hydrogen-bond acceptors (Lipinski definition) is 3. The Hall–Kier alpha value is -0.610. The number of likely N-dealkylation sites (N-methyl/N-ethyl adjacent to an activating group) is 1. The third-order valence-electron chi connectivity index (χ3n) is 2.32. The molecule has 0 atom stereocenters. The molecule has 0 radical (unpaired) electrons. The first-order chi connectivity index (χ1) is 6.33. The van der Waals surface area contributed by atoms with Crippen molar-refractivity contribution in [2.75, 3.05) is 33.4 Å². The summed E-state index contributed by atoms with van der Waals surface area (Å²) in [5.74, 6) is 0.583. The Morgan fingerprint density at radius 3 is 2.85 bits per heavy atom. The summed E-state index contributed by atoms with van der Waals surface area (Å²) >= 11 is 0. The van der Waals surface area contributed by atoms with Crippen LogP contribution in [0.5, 0.6) is 0 Å². The summed E-state index contributed by atoms with van der Waals surface area (Å²) in [5, 5.41) is 5.82. The van der Waals surface area contributed by atoms with Gasteiger partial charge in [0.15, 0.2) is 0 Å². The molecule has 1 aliphatic rings. The maximum absolute atomic E-state index is 10.8. The Labute approximate surface area is 79.0 Å². The molecule has 1 fully saturated rings. The number of ether oxygens (including phenoxy) is 1. The lowest BCUT2D eigenvalue weighted by Crippen LogP contribution is -2.31. The Morgan fingerprint density at radius 2 is 2.23 bits per heavy atom. The molecule has 0 spiro atoms. The molecule has 0 bridgehead atoms. The standard InChI is InChI=1S/C9H18N2O2/c1-10-9(12)7-13-6-8-2-4-11-5-3-8/h8,11H,2-7H2,1H3,(H,10,12). The van der Waals surface area contributed by atoms with Gasteiger partial charge in [0, 0.05) is 7.05 Å². The van der Waals surface area contributed by atoms with E-state index in [1.54, 1.807) is 7.05 Å². The second kappa shape index (κ2) is 5.94. The van der Waals surface area contributed by atoms with Crippen LogP contribution in [0.2, 0.25) is 0 Å². The van der Waals surface area contributed by atoms with Gasteiger partial charge in [-0.1, -0.05) is 0 Å². The number of piperidine rings is 1. The van der Waals surface area contributed by atoms with Gasteiger partial charge < -0.3 is 15.4 Å². The summed E-state index contributed by atoms with van der Waals surface area (Å²) in [4.78, 5) is 10.8. The van der Waals surface area contributed by atoms with Crippen molar-refractivity contribution in [3.05, 3.63) is 0 Å². The summed E-state index contributed by atoms with van der Waals surface area (Å²) < 4.78 is 5.29. The molecular weight excluding hydrogens is 168 g/mol. The quantitative estimate of drug-likeness (QED) is 0.636. The van der Waals surface area contributed by atoms with Crippen LogP contribution in [0.4, 0.5) is 0 Å². The lowest BCUT2D eigenvalue weighted by molar-refractivity contribution is -0.125. The average Bonchev–Trinajstić information content (AvgIpc) is 2.19. The average molecular weight is 186 g/mol. The molecule has 0 aromatic heterocycles. The van der Waals surface area contributed by atoms with Gasteiger partial charge in [-0.3, -0.25) is 4.79 Å². The number of amides is 1. The first-order valence-electron chi connectivity index (χ1n) is 4.82. The van der Waals surface area contributed by atoms with Crippen LogP contribution in [-0.2, 0) is 9.53 Å². The molecule has 0 aliphatic carbocycles. The molecule has 1 aliphatic heterocycles. The molecule has 0 unspecified atom stereocenters. The van der Waals surface area contributed by atoms with Crippen molar-refractivity contribution >= 4 is 5.91 Å². The first-order valence-corrected chi connectivity index (χ1v) is 4.82. The molecular formula is C9H18N2O2. The summed E-state index contributed by atoms with van der Waals surface area (Å²) in [6.07, 6.45) is 2.32. The summed E-state index contributed by atoms with van der Waals surface area (Å²) in [5.41, 5.74) is 0. The van der Waals surface area contributed by atoms with E-state index in [9.17, 15) is 4.79 Å². The predicted molar refractivity (Wildman–Crippen MR) is 50.5 cm³/mol. The minimum atomic E-state index is -0.0473. The van der Waals surface area contributed by atoms with Crippen LogP contribution in [0, 0.1) is 5.92 Å². The second-order valence-electron chi connectivity index (χ2n) is 3.38. The molecule has 76 valence electrons. The highest BCUT2D eigenvalue weighted by Crippen LogP contribution is 2.11. The monoisotopic (exact) mass is 186 g/mol. The van der Waals surface area contributed by atoms with Crippen LogP contribution in [0.1, 0.15) is 12.8 Å². The van der Waals surface area contributed by atoms with Gasteiger partial charge in [0.1, 0.15) is 6.61 Å². The van der Waals surface area contributed by atoms with E-state index in [1.807, 2.05) is 0 Å². The molecule has 1 amide bonds. The minimum absolute atomic E-state index is 0.0473. The molecule has 1 saturated heterocycles. The third-order valence-corrected chi connectivity index (χ3v) is 2.32. The van der Waals surface area contributed by atoms with Gasteiger partial charge >= 0.3 is 0 Å². The summed E-state index contributed by atoms with van der Waals surface area (Å²) in [6, 6.07) is 0. The zero-order valence-electron chi connectivity index (χ0n) is 8.14.